The van der Waals surface area contributed by atoms with Crippen molar-refractivity contribution in [2.45, 2.75) is 78.4 Å². The van der Waals surface area contributed by atoms with E-state index < -0.39 is 29.8 Å². The van der Waals surface area contributed by atoms with Crippen molar-refractivity contribution in [3.05, 3.63) is 71.8 Å². The molecule has 7 nitrogen and oxygen atoms in total. The number of amides is 2. The van der Waals surface area contributed by atoms with Crippen molar-refractivity contribution in [3.63, 3.8) is 0 Å². The van der Waals surface area contributed by atoms with Crippen LogP contribution in [0.5, 0.6) is 0 Å². The summed E-state index contributed by atoms with van der Waals surface area (Å²) < 4.78 is 11.5. The average Bonchev–Trinajstić information content (AvgIpc) is 2.84. The van der Waals surface area contributed by atoms with E-state index in [-0.39, 0.29) is 17.7 Å². The molecule has 0 heterocycles. The smallest absolute Gasteiger partial charge is 0.329 e. The van der Waals surface area contributed by atoms with Gasteiger partial charge in [-0.3, -0.25) is 9.59 Å². The van der Waals surface area contributed by atoms with Crippen molar-refractivity contribution < 1.29 is 23.9 Å². The van der Waals surface area contributed by atoms with Gasteiger partial charge >= 0.3 is 5.97 Å². The standard InChI is InChI=1S/C30H42N2O5/c1-21(2)26(32(8)27(33)22(3)36-20-24-17-13-10-14-18-24)28(34)31(7)25(29(35)37-30(4,5)6)19-23-15-11-9-12-16-23/h9-18,21-22,25-26H,19-20H2,1-8H3/t22-,25-,26-/m0/s1. The zero-order valence-electron chi connectivity index (χ0n) is 23.4. The molecule has 0 N–H and O–H groups in total. The number of nitrogens with zero attached hydrogens (tertiary/aromatic N) is 2. The maximum absolute atomic E-state index is 13.8. The van der Waals surface area contributed by atoms with Crippen molar-refractivity contribution in [1.29, 1.82) is 0 Å². The van der Waals surface area contributed by atoms with Crippen molar-refractivity contribution >= 4 is 17.8 Å². The summed E-state index contributed by atoms with van der Waals surface area (Å²) in [5.74, 6) is -1.30. The third kappa shape index (κ3) is 9.01. The maximum atomic E-state index is 13.8. The molecular formula is C30H42N2O5. The molecule has 0 saturated heterocycles. The van der Waals surface area contributed by atoms with Gasteiger partial charge in [0.05, 0.1) is 6.61 Å². The van der Waals surface area contributed by atoms with E-state index >= 15 is 0 Å². The topological polar surface area (TPSA) is 76.2 Å². The minimum atomic E-state index is -0.842. The Morgan fingerprint density at radius 2 is 1.30 bits per heavy atom. The van der Waals surface area contributed by atoms with Gasteiger partial charge in [0.25, 0.3) is 5.91 Å². The fourth-order valence-electron chi connectivity index (χ4n) is 4.14. The zero-order valence-corrected chi connectivity index (χ0v) is 23.4. The summed E-state index contributed by atoms with van der Waals surface area (Å²) in [5, 5.41) is 0. The molecule has 0 radical (unpaired) electrons. The zero-order chi connectivity index (χ0) is 27.8. The van der Waals surface area contributed by atoms with Crippen LogP contribution in [0, 0.1) is 5.92 Å². The van der Waals surface area contributed by atoms with Crippen molar-refractivity contribution in [2.24, 2.45) is 5.92 Å². The van der Waals surface area contributed by atoms with Gasteiger partial charge in [0.1, 0.15) is 23.8 Å². The first-order valence-corrected chi connectivity index (χ1v) is 12.8. The molecule has 0 bridgehead atoms. The third-order valence-corrected chi connectivity index (χ3v) is 6.11. The van der Waals surface area contributed by atoms with Crippen LogP contribution in [-0.4, -0.2) is 65.5 Å². The second-order valence-corrected chi connectivity index (χ2v) is 10.8. The summed E-state index contributed by atoms with van der Waals surface area (Å²) in [6, 6.07) is 17.5. The largest absolute Gasteiger partial charge is 0.458 e. The number of ether oxygens (including phenoxy) is 2. The monoisotopic (exact) mass is 510 g/mol. The fraction of sp³-hybridized carbons (Fsp3) is 0.500. The molecule has 0 aromatic heterocycles. The quantitative estimate of drug-likeness (QED) is 0.417. The minimum Gasteiger partial charge on any atom is -0.458 e. The van der Waals surface area contributed by atoms with Gasteiger partial charge in [0.15, 0.2) is 0 Å². The molecule has 2 aromatic rings. The molecule has 2 rings (SSSR count). The van der Waals surface area contributed by atoms with Gasteiger partial charge in [-0.05, 0) is 44.7 Å². The molecule has 0 unspecified atom stereocenters. The van der Waals surface area contributed by atoms with Crippen LogP contribution in [0.15, 0.2) is 60.7 Å². The Balaban J connectivity index is 2.22. The number of esters is 1. The molecule has 0 aliphatic rings. The highest BCUT2D eigenvalue weighted by atomic mass is 16.6. The van der Waals surface area contributed by atoms with E-state index in [4.69, 9.17) is 9.47 Å². The van der Waals surface area contributed by atoms with Gasteiger partial charge in [-0.25, -0.2) is 4.79 Å². The number of benzene rings is 2. The predicted octanol–water partition coefficient (Wildman–Crippen LogP) is 4.49. The summed E-state index contributed by atoms with van der Waals surface area (Å²) in [6.45, 7) is 11.1. The van der Waals surface area contributed by atoms with Crippen LogP contribution in [0.4, 0.5) is 0 Å². The summed E-state index contributed by atoms with van der Waals surface area (Å²) >= 11 is 0. The molecule has 2 amide bonds. The Morgan fingerprint density at radius 1 is 0.784 bits per heavy atom. The highest BCUT2D eigenvalue weighted by molar-refractivity contribution is 5.92. The Kier molecular flexibility index (Phi) is 10.9. The van der Waals surface area contributed by atoms with E-state index in [1.54, 1.807) is 41.8 Å². The molecule has 0 fully saturated rings. The van der Waals surface area contributed by atoms with E-state index in [9.17, 15) is 14.4 Å². The Morgan fingerprint density at radius 3 is 1.78 bits per heavy atom. The molecule has 3 atom stereocenters. The highest BCUT2D eigenvalue weighted by Gasteiger charge is 2.39. The lowest BCUT2D eigenvalue weighted by Crippen LogP contribution is -2.57. The normalized spacial score (nSPS) is 14.0. The molecule has 0 aliphatic heterocycles. The first-order chi connectivity index (χ1) is 17.3. The fourth-order valence-corrected chi connectivity index (χ4v) is 4.14. The van der Waals surface area contributed by atoms with Crippen LogP contribution in [0.2, 0.25) is 0 Å². The van der Waals surface area contributed by atoms with Gasteiger partial charge < -0.3 is 19.3 Å². The SMILES string of the molecule is CC(C)[C@@H](C(=O)N(C)[C@@H](Cc1ccccc1)C(=O)OC(C)(C)C)N(C)C(=O)[C@H](C)OCc1ccccc1. The van der Waals surface area contributed by atoms with Gasteiger partial charge in [0, 0.05) is 20.5 Å². The molecule has 37 heavy (non-hydrogen) atoms. The number of likely N-dealkylation sites (N-methyl/N-ethyl adjacent to an activating group) is 2. The van der Waals surface area contributed by atoms with Gasteiger partial charge in [-0.2, -0.15) is 0 Å². The van der Waals surface area contributed by atoms with E-state index in [2.05, 4.69) is 0 Å². The summed E-state index contributed by atoms with van der Waals surface area (Å²) in [5.41, 5.74) is 1.17. The number of rotatable bonds is 11. The van der Waals surface area contributed by atoms with Crippen LogP contribution >= 0.6 is 0 Å². The molecule has 0 aliphatic carbocycles. The van der Waals surface area contributed by atoms with Gasteiger partial charge in [-0.1, -0.05) is 74.5 Å². The number of hydrogen-bond donors (Lipinski definition) is 0. The lowest BCUT2D eigenvalue weighted by molar-refractivity contribution is -0.166. The first kappa shape index (κ1) is 30.0. The minimum absolute atomic E-state index is 0.193. The van der Waals surface area contributed by atoms with E-state index in [1.165, 1.54) is 9.80 Å². The molecule has 0 saturated carbocycles. The number of carbonyl (C=O) groups is 3. The highest BCUT2D eigenvalue weighted by Crippen LogP contribution is 2.20. The second-order valence-electron chi connectivity index (χ2n) is 10.8. The second kappa shape index (κ2) is 13.4. The van der Waals surface area contributed by atoms with Crippen molar-refractivity contribution in [3.8, 4) is 0 Å². The molecule has 202 valence electrons. The Bertz CT molecular complexity index is 1020. The maximum Gasteiger partial charge on any atom is 0.329 e. The van der Waals surface area contributed by atoms with Crippen LogP contribution in [0.3, 0.4) is 0 Å². The summed E-state index contributed by atoms with van der Waals surface area (Å²) in [6.07, 6.45) is -0.438. The predicted molar refractivity (Wildman–Crippen MR) is 145 cm³/mol. The van der Waals surface area contributed by atoms with Crippen LogP contribution in [0.25, 0.3) is 0 Å². The average molecular weight is 511 g/mol. The Labute approximate surface area is 221 Å². The van der Waals surface area contributed by atoms with E-state index in [0.717, 1.165) is 11.1 Å². The number of hydrogen-bond acceptors (Lipinski definition) is 5. The molecule has 0 spiro atoms. The molecular weight excluding hydrogens is 468 g/mol. The first-order valence-electron chi connectivity index (χ1n) is 12.8. The Hall–Kier alpha value is -3.19. The lowest BCUT2D eigenvalue weighted by atomic mass is 9.98. The van der Waals surface area contributed by atoms with Crippen LogP contribution in [-0.2, 0) is 36.9 Å². The van der Waals surface area contributed by atoms with Gasteiger partial charge in [-0.15, -0.1) is 0 Å². The molecule has 7 heteroatoms. The van der Waals surface area contributed by atoms with E-state index in [1.807, 2.05) is 74.5 Å². The van der Waals surface area contributed by atoms with Crippen LogP contribution < -0.4 is 0 Å². The third-order valence-electron chi connectivity index (χ3n) is 6.11. The lowest BCUT2D eigenvalue weighted by Gasteiger charge is -2.37. The van der Waals surface area contributed by atoms with Crippen molar-refractivity contribution in [2.75, 3.05) is 14.1 Å². The number of carbonyl (C=O) groups excluding carboxylic acids is 3. The van der Waals surface area contributed by atoms with Crippen molar-refractivity contribution in [1.82, 2.24) is 9.80 Å². The molecule has 2 aromatic carbocycles. The van der Waals surface area contributed by atoms with Gasteiger partial charge in [0.2, 0.25) is 5.91 Å². The summed E-state index contributed by atoms with van der Waals surface area (Å²) in [4.78, 5) is 43.2. The summed E-state index contributed by atoms with van der Waals surface area (Å²) in [7, 11) is 3.21. The van der Waals surface area contributed by atoms with Crippen LogP contribution in [0.1, 0.15) is 52.7 Å². The van der Waals surface area contributed by atoms with E-state index in [0.29, 0.717) is 13.0 Å².